The summed E-state index contributed by atoms with van der Waals surface area (Å²) < 4.78 is 0. The van der Waals surface area contributed by atoms with Crippen molar-refractivity contribution in [3.63, 3.8) is 0 Å². The summed E-state index contributed by atoms with van der Waals surface area (Å²) >= 11 is 0. The Morgan fingerprint density at radius 3 is 2.35 bits per heavy atom. The lowest BCUT2D eigenvalue weighted by Gasteiger charge is -2.17. The maximum atomic E-state index is 11.8. The van der Waals surface area contributed by atoms with Gasteiger partial charge in [-0.3, -0.25) is 9.59 Å². The van der Waals surface area contributed by atoms with Gasteiger partial charge in [-0.25, -0.2) is 0 Å². The zero-order valence-electron chi connectivity index (χ0n) is 10.5. The number of benzene rings is 1. The van der Waals surface area contributed by atoms with E-state index in [0.29, 0.717) is 6.54 Å². The first-order valence-corrected chi connectivity index (χ1v) is 5.64. The molecule has 1 aromatic rings. The van der Waals surface area contributed by atoms with E-state index in [1.807, 2.05) is 38.1 Å². The topological polar surface area (TPSA) is 49.4 Å². The summed E-state index contributed by atoms with van der Waals surface area (Å²) in [6.45, 7) is 4.35. The van der Waals surface area contributed by atoms with Crippen LogP contribution in [0, 0.1) is 6.92 Å². The van der Waals surface area contributed by atoms with E-state index in [0.717, 1.165) is 11.3 Å². The van der Waals surface area contributed by atoms with E-state index in [1.165, 1.54) is 4.90 Å². The zero-order chi connectivity index (χ0) is 12.8. The predicted octanol–water partition coefficient (Wildman–Crippen LogP) is 1.48. The third kappa shape index (κ3) is 3.90. The van der Waals surface area contributed by atoms with E-state index in [-0.39, 0.29) is 18.2 Å². The number of rotatable bonds is 4. The van der Waals surface area contributed by atoms with Gasteiger partial charge in [-0.1, -0.05) is 17.7 Å². The van der Waals surface area contributed by atoms with Crippen molar-refractivity contribution in [1.82, 2.24) is 5.32 Å². The molecule has 92 valence electrons. The molecule has 1 aromatic carbocycles. The van der Waals surface area contributed by atoms with E-state index in [9.17, 15) is 9.59 Å². The van der Waals surface area contributed by atoms with E-state index in [1.54, 1.807) is 7.05 Å². The minimum atomic E-state index is -0.239. The van der Waals surface area contributed by atoms with Crippen LogP contribution < -0.4 is 10.2 Å². The number of amides is 2. The predicted molar refractivity (Wildman–Crippen MR) is 67.9 cm³/mol. The molecule has 2 amide bonds. The van der Waals surface area contributed by atoms with Crippen molar-refractivity contribution in [2.75, 3.05) is 18.5 Å². The molecule has 17 heavy (non-hydrogen) atoms. The summed E-state index contributed by atoms with van der Waals surface area (Å²) in [6, 6.07) is 7.60. The zero-order valence-corrected chi connectivity index (χ0v) is 10.5. The fraction of sp³-hybridized carbons (Fsp3) is 0.385. The van der Waals surface area contributed by atoms with Crippen molar-refractivity contribution in [1.29, 1.82) is 0 Å². The molecule has 1 rings (SSSR count). The SMILES string of the molecule is CCNC(=O)CC(=O)N(C)c1ccc(C)cc1. The number of aryl methyl sites for hydroxylation is 1. The first-order valence-electron chi connectivity index (χ1n) is 5.64. The number of anilines is 1. The van der Waals surface area contributed by atoms with Crippen molar-refractivity contribution in [3.8, 4) is 0 Å². The van der Waals surface area contributed by atoms with E-state index >= 15 is 0 Å². The molecule has 0 radical (unpaired) electrons. The van der Waals surface area contributed by atoms with Gasteiger partial charge in [-0.05, 0) is 26.0 Å². The van der Waals surface area contributed by atoms with Gasteiger partial charge < -0.3 is 10.2 Å². The quantitative estimate of drug-likeness (QED) is 0.802. The second-order valence-electron chi connectivity index (χ2n) is 3.92. The Kier molecular flexibility index (Phi) is 4.69. The molecule has 0 aliphatic carbocycles. The molecule has 0 atom stereocenters. The minimum absolute atomic E-state index is 0.113. The van der Waals surface area contributed by atoms with Crippen molar-refractivity contribution < 1.29 is 9.59 Å². The summed E-state index contributed by atoms with van der Waals surface area (Å²) in [7, 11) is 1.67. The Labute approximate surface area is 102 Å². The fourth-order valence-corrected chi connectivity index (χ4v) is 1.43. The maximum absolute atomic E-state index is 11.8. The highest BCUT2D eigenvalue weighted by Crippen LogP contribution is 2.14. The van der Waals surface area contributed by atoms with E-state index in [4.69, 9.17) is 0 Å². The molecule has 0 aromatic heterocycles. The minimum Gasteiger partial charge on any atom is -0.356 e. The van der Waals surface area contributed by atoms with Gasteiger partial charge in [-0.2, -0.15) is 0 Å². The summed E-state index contributed by atoms with van der Waals surface area (Å²) in [5.74, 6) is -0.448. The van der Waals surface area contributed by atoms with Gasteiger partial charge in [0.25, 0.3) is 0 Å². The van der Waals surface area contributed by atoms with Gasteiger partial charge in [0, 0.05) is 19.3 Å². The Balaban J connectivity index is 2.63. The Hall–Kier alpha value is -1.84. The number of hydrogen-bond acceptors (Lipinski definition) is 2. The maximum Gasteiger partial charge on any atom is 0.236 e. The lowest BCUT2D eigenvalue weighted by molar-refractivity contribution is -0.127. The van der Waals surface area contributed by atoms with Crippen LogP contribution in [0.25, 0.3) is 0 Å². The first kappa shape index (κ1) is 13.2. The van der Waals surface area contributed by atoms with Gasteiger partial charge in [-0.15, -0.1) is 0 Å². The molecule has 4 nitrogen and oxygen atoms in total. The normalized spacial score (nSPS) is 9.82. The number of nitrogens with one attached hydrogen (secondary N) is 1. The van der Waals surface area contributed by atoms with Crippen LogP contribution in [0.15, 0.2) is 24.3 Å². The average molecular weight is 234 g/mol. The van der Waals surface area contributed by atoms with Crippen molar-refractivity contribution in [2.45, 2.75) is 20.3 Å². The Bertz CT molecular complexity index is 398. The number of carbonyl (C=O) groups excluding carboxylic acids is 2. The summed E-state index contributed by atoms with van der Waals surface area (Å²) in [5, 5.41) is 2.61. The molecule has 0 heterocycles. The third-order valence-electron chi connectivity index (χ3n) is 2.48. The van der Waals surface area contributed by atoms with Crippen molar-refractivity contribution in [2.24, 2.45) is 0 Å². The first-order chi connectivity index (χ1) is 8.04. The van der Waals surface area contributed by atoms with Crippen LogP contribution in [0.5, 0.6) is 0 Å². The Morgan fingerprint density at radius 1 is 1.24 bits per heavy atom. The van der Waals surface area contributed by atoms with Gasteiger partial charge in [0.1, 0.15) is 6.42 Å². The van der Waals surface area contributed by atoms with Crippen LogP contribution >= 0.6 is 0 Å². The van der Waals surface area contributed by atoms with Gasteiger partial charge in [0.2, 0.25) is 11.8 Å². The van der Waals surface area contributed by atoms with Crippen LogP contribution in [0.1, 0.15) is 18.9 Å². The standard InChI is InChI=1S/C13H18N2O2/c1-4-14-12(16)9-13(17)15(3)11-7-5-10(2)6-8-11/h5-8H,4,9H2,1-3H3,(H,14,16). The molecule has 0 bridgehead atoms. The molecular weight excluding hydrogens is 216 g/mol. The molecule has 0 saturated heterocycles. The smallest absolute Gasteiger partial charge is 0.236 e. The van der Waals surface area contributed by atoms with Crippen LogP contribution in [0.4, 0.5) is 5.69 Å². The molecule has 1 N–H and O–H groups in total. The third-order valence-corrected chi connectivity index (χ3v) is 2.48. The molecule has 0 saturated carbocycles. The van der Waals surface area contributed by atoms with Crippen LogP contribution in [-0.4, -0.2) is 25.4 Å². The molecule has 0 unspecified atom stereocenters. The molecule has 0 aliphatic heterocycles. The fourth-order valence-electron chi connectivity index (χ4n) is 1.43. The summed E-state index contributed by atoms with van der Waals surface area (Å²) in [5.41, 5.74) is 1.93. The summed E-state index contributed by atoms with van der Waals surface area (Å²) in [6.07, 6.45) is -0.113. The average Bonchev–Trinajstić information content (AvgIpc) is 2.29. The van der Waals surface area contributed by atoms with Crippen molar-refractivity contribution >= 4 is 17.5 Å². The van der Waals surface area contributed by atoms with Gasteiger partial charge in [0.15, 0.2) is 0 Å². The second-order valence-corrected chi connectivity index (χ2v) is 3.92. The number of carbonyl (C=O) groups is 2. The van der Waals surface area contributed by atoms with Crippen molar-refractivity contribution in [3.05, 3.63) is 29.8 Å². The number of hydrogen-bond donors (Lipinski definition) is 1. The molecule has 4 heteroatoms. The molecule has 0 spiro atoms. The lowest BCUT2D eigenvalue weighted by atomic mass is 10.2. The molecular formula is C13H18N2O2. The second kappa shape index (κ2) is 6.03. The monoisotopic (exact) mass is 234 g/mol. The van der Waals surface area contributed by atoms with E-state index in [2.05, 4.69) is 5.32 Å². The van der Waals surface area contributed by atoms with Gasteiger partial charge in [0.05, 0.1) is 0 Å². The van der Waals surface area contributed by atoms with Crippen LogP contribution in [0.2, 0.25) is 0 Å². The highest BCUT2D eigenvalue weighted by molar-refractivity contribution is 6.04. The molecule has 0 aliphatic rings. The highest BCUT2D eigenvalue weighted by atomic mass is 16.2. The van der Waals surface area contributed by atoms with Gasteiger partial charge >= 0.3 is 0 Å². The number of nitrogens with zero attached hydrogens (tertiary/aromatic N) is 1. The largest absolute Gasteiger partial charge is 0.356 e. The Morgan fingerprint density at radius 2 is 1.82 bits per heavy atom. The molecule has 0 fully saturated rings. The van der Waals surface area contributed by atoms with Crippen LogP contribution in [0.3, 0.4) is 0 Å². The highest BCUT2D eigenvalue weighted by Gasteiger charge is 2.14. The van der Waals surface area contributed by atoms with E-state index < -0.39 is 0 Å². The lowest BCUT2D eigenvalue weighted by Crippen LogP contribution is -2.33. The van der Waals surface area contributed by atoms with Crippen LogP contribution in [-0.2, 0) is 9.59 Å². The summed E-state index contributed by atoms with van der Waals surface area (Å²) in [4.78, 5) is 24.6.